The predicted octanol–water partition coefficient (Wildman–Crippen LogP) is 0.880. The number of aliphatic hydroxyl groups excluding tert-OH is 1. The molecule has 0 amide bonds. The Balaban J connectivity index is 4.33. The summed E-state index contributed by atoms with van der Waals surface area (Å²) in [5.41, 5.74) is -2.10. The number of hydrogen-bond acceptors (Lipinski definition) is 2. The highest BCUT2D eigenvalue weighted by Crippen LogP contribution is 2.37. The van der Waals surface area contributed by atoms with Gasteiger partial charge in [0, 0.05) is 10.2 Å². The topological polar surface area (TPSA) is 29.5 Å². The minimum Gasteiger partial charge on any atom is -0.394 e. The average Bonchev–Trinajstić information content (AvgIpc) is 2.09. The summed E-state index contributed by atoms with van der Waals surface area (Å²) in [6, 6.07) is 0.828. The molecule has 6 heteroatoms. The smallest absolute Gasteiger partial charge is 0.394 e. The van der Waals surface area contributed by atoms with Crippen LogP contribution < -0.4 is 0 Å². The number of hydrogen-bond donors (Lipinski definition) is 1. The number of halogens is 3. The second-order valence-corrected chi connectivity index (χ2v) is 4.40. The van der Waals surface area contributed by atoms with E-state index in [4.69, 9.17) is 5.11 Å². The van der Waals surface area contributed by atoms with Crippen molar-refractivity contribution in [3.8, 4) is 0 Å². The number of alkyl halides is 3. The molecule has 1 atom stereocenters. The molecule has 0 rings (SSSR count). The van der Waals surface area contributed by atoms with Crippen LogP contribution in [0.25, 0.3) is 0 Å². The molecule has 0 radical (unpaired) electrons. The Morgan fingerprint density at radius 3 is 2.29 bits per heavy atom. The molecule has 0 fully saturated rings. The molecule has 0 aromatic carbocycles. The number of aliphatic hydroxyl groups is 1. The van der Waals surface area contributed by atoms with Gasteiger partial charge in [-0.1, -0.05) is 12.5 Å². The fourth-order valence-corrected chi connectivity index (χ4v) is 1.43. The van der Waals surface area contributed by atoms with Gasteiger partial charge in [0.25, 0.3) is 0 Å². The van der Waals surface area contributed by atoms with E-state index in [1.165, 1.54) is 0 Å². The van der Waals surface area contributed by atoms with E-state index in [1.54, 1.807) is 0 Å². The van der Waals surface area contributed by atoms with Gasteiger partial charge in [-0.25, -0.2) is 0 Å². The van der Waals surface area contributed by atoms with E-state index in [9.17, 15) is 13.2 Å². The molecule has 1 N–H and O–H groups in total. The summed E-state index contributed by atoms with van der Waals surface area (Å²) in [5, 5.41) is 8.44. The van der Waals surface area contributed by atoms with Gasteiger partial charge in [0.1, 0.15) is 0 Å². The third kappa shape index (κ3) is 3.98. The maximum absolute atomic E-state index is 12.6. The fraction of sp³-hybridized carbons (Fsp3) is 1.00. The average molecular weight is 230 g/mol. The lowest BCUT2D eigenvalue weighted by atomic mass is 10.00. The normalized spacial score (nSPS) is 16.9. The lowest BCUT2D eigenvalue weighted by Gasteiger charge is -2.31. The Labute approximate surface area is 84.9 Å². The van der Waals surface area contributed by atoms with Gasteiger partial charge >= 0.3 is 6.18 Å². The van der Waals surface area contributed by atoms with Crippen LogP contribution in [0, 0.1) is 0 Å². The van der Waals surface area contributed by atoms with Crippen LogP contribution in [0.4, 0.5) is 13.2 Å². The van der Waals surface area contributed by atoms with E-state index >= 15 is 0 Å². The quantitative estimate of drug-likeness (QED) is 0.686. The molecule has 2 nitrogen and oxygen atoms in total. The van der Waals surface area contributed by atoms with Crippen molar-refractivity contribution in [2.75, 3.05) is 13.2 Å². The van der Waals surface area contributed by atoms with E-state index in [-0.39, 0.29) is 19.6 Å². The van der Waals surface area contributed by atoms with Crippen molar-refractivity contribution in [1.29, 1.82) is 0 Å². The molecule has 86 valence electrons. The van der Waals surface area contributed by atoms with Crippen LogP contribution >= 0.6 is 0 Å². The number of rotatable bonds is 6. The van der Waals surface area contributed by atoms with Gasteiger partial charge in [-0.3, -0.25) is 0 Å². The third-order valence-electron chi connectivity index (χ3n) is 2.12. The van der Waals surface area contributed by atoms with Crippen molar-refractivity contribution in [1.82, 2.24) is 0 Å². The summed E-state index contributed by atoms with van der Waals surface area (Å²) < 4.78 is 42.4. The monoisotopic (exact) mass is 230 g/mol. The summed E-state index contributed by atoms with van der Waals surface area (Å²) in [6.45, 7) is 0.392. The summed E-state index contributed by atoms with van der Waals surface area (Å²) in [7, 11) is 0.902. The Kier molecular flexibility index (Phi) is 5.69. The molecule has 0 aliphatic rings. The Morgan fingerprint density at radius 1 is 1.36 bits per heavy atom. The molecule has 0 bridgehead atoms. The molecule has 0 saturated heterocycles. The van der Waals surface area contributed by atoms with Crippen LogP contribution in [0.5, 0.6) is 0 Å². The van der Waals surface area contributed by atoms with E-state index in [2.05, 4.69) is 4.74 Å². The zero-order valence-electron chi connectivity index (χ0n) is 8.52. The first-order chi connectivity index (χ1) is 6.37. The van der Waals surface area contributed by atoms with Crippen LogP contribution in [0.1, 0.15) is 19.8 Å². The molecule has 0 aliphatic carbocycles. The molecular weight excluding hydrogens is 213 g/mol. The van der Waals surface area contributed by atoms with Gasteiger partial charge in [-0.2, -0.15) is 13.2 Å². The maximum Gasteiger partial charge on any atom is 0.417 e. The molecule has 1 unspecified atom stereocenters. The fourth-order valence-electron chi connectivity index (χ4n) is 1.08. The van der Waals surface area contributed by atoms with Crippen molar-refractivity contribution in [2.45, 2.75) is 37.6 Å². The van der Waals surface area contributed by atoms with Gasteiger partial charge in [-0.05, 0) is 13.3 Å². The molecule has 0 aromatic heterocycles. The molecule has 0 spiro atoms. The van der Waals surface area contributed by atoms with E-state index in [1.807, 2.05) is 0 Å². The van der Waals surface area contributed by atoms with Crippen molar-refractivity contribution in [3.63, 3.8) is 0 Å². The Bertz CT molecular complexity index is 153. The molecule has 14 heavy (non-hydrogen) atoms. The first-order valence-electron chi connectivity index (χ1n) is 4.69. The zero-order valence-corrected chi connectivity index (χ0v) is 10.5. The van der Waals surface area contributed by atoms with E-state index in [0.29, 0.717) is 6.42 Å². The molecule has 0 heterocycles. The van der Waals surface area contributed by atoms with Crippen LogP contribution in [0.3, 0.4) is 0 Å². The summed E-state index contributed by atoms with van der Waals surface area (Å²) in [6.07, 6.45) is -3.87. The third-order valence-corrected chi connectivity index (χ3v) is 2.83. The van der Waals surface area contributed by atoms with Gasteiger partial charge in [0.15, 0.2) is 5.60 Å². The zero-order chi connectivity index (χ0) is 11.2. The van der Waals surface area contributed by atoms with Crippen molar-refractivity contribution >= 4 is 10.2 Å². The molecule has 0 aliphatic heterocycles. The molecule has 0 aromatic rings. The largest absolute Gasteiger partial charge is 0.417 e. The van der Waals surface area contributed by atoms with E-state index < -0.39 is 11.8 Å². The lowest BCUT2D eigenvalue weighted by Crippen LogP contribution is -2.45. The van der Waals surface area contributed by atoms with Crippen molar-refractivity contribution in [3.05, 3.63) is 0 Å². The van der Waals surface area contributed by atoms with Gasteiger partial charge in [0.05, 0.1) is 13.2 Å². The lowest BCUT2D eigenvalue weighted by molar-refractivity contribution is -0.274. The van der Waals surface area contributed by atoms with Gasteiger partial charge in [-0.15, -0.1) is 0 Å². The summed E-state index contributed by atoms with van der Waals surface area (Å²) in [5.74, 6) is 0. The highest BCUT2D eigenvalue weighted by molar-refractivity contribution is 6.08. The number of ether oxygens (including phenoxy) is 1. The summed E-state index contributed by atoms with van der Waals surface area (Å²) in [4.78, 5) is 0. The summed E-state index contributed by atoms with van der Waals surface area (Å²) >= 11 is 0. The van der Waals surface area contributed by atoms with Gasteiger partial charge in [0.2, 0.25) is 0 Å². The van der Waals surface area contributed by atoms with Crippen LogP contribution in [-0.4, -0.2) is 40.3 Å². The standard InChI is InChI=1S/C8H17F3O2Si/c1-7(3-2-6-14,8(9,10)11)13-5-4-12/h12H,2-6H2,1,14H3. The first-order valence-corrected chi connectivity index (χ1v) is 6.10. The highest BCUT2D eigenvalue weighted by atomic mass is 28.1. The van der Waals surface area contributed by atoms with Crippen molar-refractivity contribution < 1.29 is 23.0 Å². The Morgan fingerprint density at radius 2 is 1.93 bits per heavy atom. The highest BCUT2D eigenvalue weighted by Gasteiger charge is 2.51. The minimum atomic E-state index is -4.36. The van der Waals surface area contributed by atoms with Crippen LogP contribution in [-0.2, 0) is 4.74 Å². The first kappa shape index (κ1) is 13.9. The molecular formula is C8H17F3O2Si. The predicted molar refractivity (Wildman–Crippen MR) is 51.5 cm³/mol. The van der Waals surface area contributed by atoms with E-state index in [0.717, 1.165) is 23.2 Å². The van der Waals surface area contributed by atoms with Crippen LogP contribution in [0.2, 0.25) is 6.04 Å². The minimum absolute atomic E-state index is 0.0278. The SMILES string of the molecule is CC(CCC[SiH3])(OCCO)C(F)(F)F. The molecule has 0 saturated carbocycles. The second-order valence-electron chi connectivity index (χ2n) is 3.40. The Hall–Kier alpha value is -0.0731. The van der Waals surface area contributed by atoms with Crippen molar-refractivity contribution in [2.24, 2.45) is 0 Å². The maximum atomic E-state index is 12.6. The van der Waals surface area contributed by atoms with Gasteiger partial charge < -0.3 is 9.84 Å². The van der Waals surface area contributed by atoms with Crippen LogP contribution in [0.15, 0.2) is 0 Å². The second kappa shape index (κ2) is 5.72.